The van der Waals surface area contributed by atoms with Crippen LogP contribution in [-0.4, -0.2) is 5.91 Å². The lowest BCUT2D eigenvalue weighted by atomic mass is 10.1. The van der Waals surface area contributed by atoms with Crippen LogP contribution >= 0.6 is 27.5 Å². The topological polar surface area (TPSA) is 71.3 Å². The summed E-state index contributed by atoms with van der Waals surface area (Å²) in [5.74, 6) is 0.666. The third-order valence-electron chi connectivity index (χ3n) is 5.62. The molecular formula is C31H24BrClN2O3. The van der Waals surface area contributed by atoms with Crippen LogP contribution in [0.25, 0.3) is 6.08 Å². The van der Waals surface area contributed by atoms with Gasteiger partial charge in [0.1, 0.15) is 36.4 Å². The lowest BCUT2D eigenvalue weighted by molar-refractivity contribution is -0.112. The van der Waals surface area contributed by atoms with Crippen molar-refractivity contribution >= 4 is 45.2 Å². The Hall–Kier alpha value is -4.05. The molecule has 0 aliphatic carbocycles. The standard InChI is InChI=1S/C31H24BrClN2O3/c1-21-6-8-22(9-7-21)19-38-30-15-10-26(32)17-24(30)16-25(18-34)31(36)35-27-11-13-28(14-12-27)37-20-23-4-2-3-5-29(23)33/h2-17H,19-20H2,1H3,(H,35,36)/b25-16+. The molecular weight excluding hydrogens is 564 g/mol. The normalized spacial score (nSPS) is 10.9. The number of rotatable bonds is 9. The van der Waals surface area contributed by atoms with E-state index in [9.17, 15) is 10.1 Å². The number of anilines is 1. The van der Waals surface area contributed by atoms with E-state index in [-0.39, 0.29) is 5.57 Å². The maximum absolute atomic E-state index is 12.9. The first-order valence-electron chi connectivity index (χ1n) is 11.8. The number of carbonyl (C=O) groups excluding carboxylic acids is 1. The van der Waals surface area contributed by atoms with Crippen molar-refractivity contribution in [2.24, 2.45) is 0 Å². The summed E-state index contributed by atoms with van der Waals surface area (Å²) >= 11 is 9.63. The van der Waals surface area contributed by atoms with Gasteiger partial charge in [-0.15, -0.1) is 0 Å². The quantitative estimate of drug-likeness (QED) is 0.159. The van der Waals surface area contributed by atoms with E-state index in [0.717, 1.165) is 15.6 Å². The molecule has 1 amide bonds. The molecule has 0 aliphatic heterocycles. The second-order valence-corrected chi connectivity index (χ2v) is 9.81. The molecule has 4 aromatic carbocycles. The minimum absolute atomic E-state index is 0.0534. The molecule has 0 radical (unpaired) electrons. The van der Waals surface area contributed by atoms with Crippen LogP contribution in [0.1, 0.15) is 22.3 Å². The number of amides is 1. The van der Waals surface area contributed by atoms with E-state index in [1.165, 1.54) is 11.6 Å². The van der Waals surface area contributed by atoms with Gasteiger partial charge >= 0.3 is 0 Å². The van der Waals surface area contributed by atoms with E-state index >= 15 is 0 Å². The van der Waals surface area contributed by atoms with Crippen molar-refractivity contribution in [2.45, 2.75) is 20.1 Å². The van der Waals surface area contributed by atoms with E-state index < -0.39 is 5.91 Å². The fourth-order valence-electron chi connectivity index (χ4n) is 3.52. The third-order valence-corrected chi connectivity index (χ3v) is 6.48. The van der Waals surface area contributed by atoms with Gasteiger partial charge in [-0.3, -0.25) is 4.79 Å². The number of carbonyl (C=O) groups is 1. The van der Waals surface area contributed by atoms with Crippen molar-refractivity contribution in [1.82, 2.24) is 0 Å². The van der Waals surface area contributed by atoms with Crippen molar-refractivity contribution in [1.29, 1.82) is 5.26 Å². The lowest BCUT2D eigenvalue weighted by Gasteiger charge is -2.11. The van der Waals surface area contributed by atoms with Gasteiger partial charge in [-0.2, -0.15) is 5.26 Å². The molecule has 0 saturated carbocycles. The van der Waals surface area contributed by atoms with Gasteiger partial charge in [-0.1, -0.05) is 75.6 Å². The van der Waals surface area contributed by atoms with Gasteiger partial charge in [0.25, 0.3) is 5.91 Å². The number of hydrogen-bond donors (Lipinski definition) is 1. The molecule has 4 aromatic rings. The first-order chi connectivity index (χ1) is 18.4. The molecule has 7 heteroatoms. The molecule has 5 nitrogen and oxygen atoms in total. The summed E-state index contributed by atoms with van der Waals surface area (Å²) in [6.07, 6.45) is 1.52. The maximum atomic E-state index is 12.9. The van der Waals surface area contributed by atoms with Gasteiger partial charge in [-0.05, 0) is 67.1 Å². The highest BCUT2D eigenvalue weighted by Crippen LogP contribution is 2.27. The Labute approximate surface area is 235 Å². The Morgan fingerprint density at radius 3 is 2.42 bits per heavy atom. The maximum Gasteiger partial charge on any atom is 0.266 e. The van der Waals surface area contributed by atoms with E-state index in [1.54, 1.807) is 36.4 Å². The number of ether oxygens (including phenoxy) is 2. The van der Waals surface area contributed by atoms with Crippen molar-refractivity contribution in [3.63, 3.8) is 0 Å². The van der Waals surface area contributed by atoms with Gasteiger partial charge in [0.2, 0.25) is 0 Å². The van der Waals surface area contributed by atoms with Crippen LogP contribution in [-0.2, 0) is 18.0 Å². The van der Waals surface area contributed by atoms with Gasteiger partial charge in [-0.25, -0.2) is 0 Å². The molecule has 1 N–H and O–H groups in total. The predicted molar refractivity (Wildman–Crippen MR) is 154 cm³/mol. The van der Waals surface area contributed by atoms with Gasteiger partial charge in [0.15, 0.2) is 0 Å². The lowest BCUT2D eigenvalue weighted by Crippen LogP contribution is -2.13. The van der Waals surface area contributed by atoms with Crippen LogP contribution in [0.5, 0.6) is 11.5 Å². The molecule has 0 unspecified atom stereocenters. The summed E-state index contributed by atoms with van der Waals surface area (Å²) in [6.45, 7) is 2.72. The van der Waals surface area contributed by atoms with Crippen LogP contribution in [0.15, 0.2) is 101 Å². The highest BCUT2D eigenvalue weighted by Gasteiger charge is 2.13. The minimum Gasteiger partial charge on any atom is -0.489 e. The summed E-state index contributed by atoms with van der Waals surface area (Å²) in [5, 5.41) is 13.1. The molecule has 4 rings (SSSR count). The van der Waals surface area contributed by atoms with Gasteiger partial charge < -0.3 is 14.8 Å². The molecule has 0 bridgehead atoms. The summed E-state index contributed by atoms with van der Waals surface area (Å²) in [5.41, 5.74) is 4.16. The molecule has 0 fully saturated rings. The highest BCUT2D eigenvalue weighted by molar-refractivity contribution is 9.10. The number of halogens is 2. The van der Waals surface area contributed by atoms with Crippen LogP contribution < -0.4 is 14.8 Å². The predicted octanol–water partition coefficient (Wildman–Crippen LogP) is 8.11. The summed E-state index contributed by atoms with van der Waals surface area (Å²) in [6, 6.07) is 29.9. The van der Waals surface area contributed by atoms with Crippen molar-refractivity contribution < 1.29 is 14.3 Å². The summed E-state index contributed by atoms with van der Waals surface area (Å²) in [4.78, 5) is 12.9. The monoisotopic (exact) mass is 586 g/mol. The van der Waals surface area contributed by atoms with E-state index in [4.69, 9.17) is 21.1 Å². The zero-order chi connectivity index (χ0) is 26.9. The van der Waals surface area contributed by atoms with Crippen LogP contribution in [0, 0.1) is 18.3 Å². The molecule has 190 valence electrons. The number of nitrogens with one attached hydrogen (secondary N) is 1. The number of nitrogens with zero attached hydrogens (tertiary/aromatic N) is 1. The van der Waals surface area contributed by atoms with Gasteiger partial charge in [0, 0.05) is 26.3 Å². The largest absolute Gasteiger partial charge is 0.489 e. The smallest absolute Gasteiger partial charge is 0.266 e. The first kappa shape index (κ1) is 27.0. The van der Waals surface area contributed by atoms with E-state index in [2.05, 4.69) is 21.2 Å². The van der Waals surface area contributed by atoms with Crippen LogP contribution in [0.3, 0.4) is 0 Å². The molecule has 0 aromatic heterocycles. The fourth-order valence-corrected chi connectivity index (χ4v) is 4.09. The summed E-state index contributed by atoms with van der Waals surface area (Å²) < 4.78 is 12.6. The second kappa shape index (κ2) is 13.0. The molecule has 0 heterocycles. The van der Waals surface area contributed by atoms with Crippen LogP contribution in [0.4, 0.5) is 5.69 Å². The molecule has 38 heavy (non-hydrogen) atoms. The number of hydrogen-bond acceptors (Lipinski definition) is 4. The second-order valence-electron chi connectivity index (χ2n) is 8.48. The average molecular weight is 588 g/mol. The van der Waals surface area contributed by atoms with Gasteiger partial charge in [0.05, 0.1) is 0 Å². The zero-order valence-corrected chi connectivity index (χ0v) is 22.9. The number of nitriles is 1. The van der Waals surface area contributed by atoms with Crippen molar-refractivity contribution in [2.75, 3.05) is 5.32 Å². The van der Waals surface area contributed by atoms with Crippen molar-refractivity contribution in [3.05, 3.63) is 128 Å². The third kappa shape index (κ3) is 7.48. The Kier molecular flexibility index (Phi) is 9.21. The Bertz CT molecular complexity index is 1490. The Morgan fingerprint density at radius 2 is 1.71 bits per heavy atom. The fraction of sp³-hybridized carbons (Fsp3) is 0.0968. The molecule has 0 saturated heterocycles. The zero-order valence-electron chi connectivity index (χ0n) is 20.6. The number of aryl methyl sites for hydroxylation is 1. The van der Waals surface area contributed by atoms with Crippen molar-refractivity contribution in [3.8, 4) is 17.6 Å². The summed E-state index contributed by atoms with van der Waals surface area (Å²) in [7, 11) is 0. The highest BCUT2D eigenvalue weighted by atomic mass is 79.9. The Balaban J connectivity index is 1.43. The first-order valence-corrected chi connectivity index (χ1v) is 13.0. The minimum atomic E-state index is -0.526. The average Bonchev–Trinajstić information content (AvgIpc) is 2.92. The SMILES string of the molecule is Cc1ccc(COc2ccc(Br)cc2/C=C(\C#N)C(=O)Nc2ccc(OCc3ccccc3Cl)cc2)cc1. The van der Waals surface area contributed by atoms with E-state index in [0.29, 0.717) is 41.0 Å². The molecule has 0 spiro atoms. The van der Waals surface area contributed by atoms with E-state index in [1.807, 2.05) is 67.6 Å². The number of benzene rings is 4. The Morgan fingerprint density at radius 1 is 0.974 bits per heavy atom. The molecule has 0 atom stereocenters. The molecule has 0 aliphatic rings. The van der Waals surface area contributed by atoms with Crippen LogP contribution in [0.2, 0.25) is 5.02 Å².